The zero-order valence-corrected chi connectivity index (χ0v) is 12.7. The van der Waals surface area contributed by atoms with Gasteiger partial charge < -0.3 is 19.4 Å². The van der Waals surface area contributed by atoms with Crippen LogP contribution in [0.2, 0.25) is 0 Å². The molecule has 0 amide bonds. The van der Waals surface area contributed by atoms with Crippen LogP contribution in [0.5, 0.6) is 0 Å². The molecule has 0 radical (unpaired) electrons. The number of aliphatic hydroxyl groups is 1. The van der Waals surface area contributed by atoms with E-state index in [1.807, 2.05) is 6.92 Å². The predicted molar refractivity (Wildman–Crippen MR) is 85.2 cm³/mol. The molecule has 0 aromatic carbocycles. The number of nitrogens with zero attached hydrogens (tertiary/aromatic N) is 4. The molecule has 1 aliphatic rings. The lowest BCUT2D eigenvalue weighted by Gasteiger charge is -2.35. The largest absolute Gasteiger partial charge is 0.393 e. The van der Waals surface area contributed by atoms with Gasteiger partial charge in [0, 0.05) is 26.2 Å². The average molecular weight is 298 g/mol. The zero-order chi connectivity index (χ0) is 15.9. The number of aryl methyl sites for hydroxylation is 1. The maximum absolute atomic E-state index is 12.2. The quantitative estimate of drug-likeness (QED) is 0.814. The average Bonchev–Trinajstić information content (AvgIpc) is 2.53. The van der Waals surface area contributed by atoms with E-state index in [-0.39, 0.29) is 17.6 Å². The lowest BCUT2D eigenvalue weighted by Crippen LogP contribution is -2.42. The first-order valence-corrected chi connectivity index (χ1v) is 7.32. The van der Waals surface area contributed by atoms with Crippen LogP contribution in [-0.4, -0.2) is 33.9 Å². The van der Waals surface area contributed by atoms with Gasteiger partial charge in [0.05, 0.1) is 17.3 Å². The molecular weight excluding hydrogens is 280 g/mol. The first-order valence-electron chi connectivity index (χ1n) is 7.32. The fourth-order valence-corrected chi connectivity index (χ4v) is 2.96. The highest BCUT2D eigenvalue weighted by molar-refractivity contribution is 5.89. The van der Waals surface area contributed by atoms with Gasteiger partial charge in [-0.15, -0.1) is 4.98 Å². The number of hydrogen-bond donors (Lipinski definition) is 1. The van der Waals surface area contributed by atoms with E-state index in [1.54, 1.807) is 29.8 Å². The number of hydrogen-bond acceptors (Lipinski definition) is 4. The molecule has 2 atom stereocenters. The van der Waals surface area contributed by atoms with Crippen molar-refractivity contribution in [3.05, 3.63) is 40.0 Å². The van der Waals surface area contributed by atoms with Crippen molar-refractivity contribution in [3.8, 4) is 0 Å². The Morgan fingerprint density at radius 3 is 2.91 bits per heavy atom. The Kier molecular flexibility index (Phi) is 3.59. The standard InChI is InChI=1S/C16H18N4O2/c1-10-9-20(7-6-13(10)21)12-8-15(22)19(3)11-4-5-14(17-2)18-16(11)12/h4-5,8,10,13,21H,6-7,9H2,1,3H3/t10-,13-/m1/s1. The Hall–Kier alpha value is -2.39. The van der Waals surface area contributed by atoms with Crippen molar-refractivity contribution in [1.29, 1.82) is 0 Å². The molecule has 2 aromatic rings. The Labute approximate surface area is 128 Å². The minimum atomic E-state index is -0.305. The molecule has 2 aromatic heterocycles. The third kappa shape index (κ3) is 2.34. The Balaban J connectivity index is 2.18. The summed E-state index contributed by atoms with van der Waals surface area (Å²) in [6.07, 6.45) is 0.362. The van der Waals surface area contributed by atoms with Gasteiger partial charge >= 0.3 is 0 Å². The molecule has 3 heterocycles. The van der Waals surface area contributed by atoms with Gasteiger partial charge in [0.1, 0.15) is 0 Å². The van der Waals surface area contributed by atoms with Gasteiger partial charge in [0.25, 0.3) is 11.4 Å². The molecule has 0 bridgehead atoms. The summed E-state index contributed by atoms with van der Waals surface area (Å²) >= 11 is 0. The predicted octanol–water partition coefficient (Wildman–Crippen LogP) is 1.69. The number of pyridine rings is 2. The smallest absolute Gasteiger partial charge is 0.270 e. The Morgan fingerprint density at radius 2 is 2.23 bits per heavy atom. The summed E-state index contributed by atoms with van der Waals surface area (Å²) in [5.41, 5.74) is 2.04. The van der Waals surface area contributed by atoms with E-state index >= 15 is 0 Å². The number of rotatable bonds is 1. The molecular formula is C16H18N4O2. The second kappa shape index (κ2) is 5.43. The minimum Gasteiger partial charge on any atom is -0.393 e. The van der Waals surface area contributed by atoms with Crippen LogP contribution in [0, 0.1) is 12.5 Å². The van der Waals surface area contributed by atoms with Crippen molar-refractivity contribution >= 4 is 22.5 Å². The van der Waals surface area contributed by atoms with E-state index in [1.165, 1.54) is 0 Å². The van der Waals surface area contributed by atoms with Gasteiger partial charge in [-0.2, -0.15) is 0 Å². The van der Waals surface area contributed by atoms with Crippen LogP contribution in [0.4, 0.5) is 11.5 Å². The first-order chi connectivity index (χ1) is 10.5. The molecule has 0 aliphatic carbocycles. The molecule has 1 saturated heterocycles. The summed E-state index contributed by atoms with van der Waals surface area (Å²) in [6, 6.07) is 4.97. The van der Waals surface area contributed by atoms with Crippen LogP contribution in [-0.2, 0) is 7.05 Å². The van der Waals surface area contributed by atoms with Crippen LogP contribution in [0.1, 0.15) is 13.3 Å². The van der Waals surface area contributed by atoms with Gasteiger partial charge in [-0.05, 0) is 24.5 Å². The molecule has 0 saturated carbocycles. The van der Waals surface area contributed by atoms with Crippen molar-refractivity contribution in [2.24, 2.45) is 13.0 Å². The zero-order valence-electron chi connectivity index (χ0n) is 12.7. The van der Waals surface area contributed by atoms with Crippen LogP contribution >= 0.6 is 0 Å². The number of fused-ring (bicyclic) bond motifs is 1. The maximum Gasteiger partial charge on any atom is 0.270 e. The highest BCUT2D eigenvalue weighted by atomic mass is 16.3. The van der Waals surface area contributed by atoms with Gasteiger partial charge in [-0.1, -0.05) is 13.5 Å². The third-order valence-electron chi connectivity index (χ3n) is 4.37. The second-order valence-electron chi connectivity index (χ2n) is 5.86. The first kappa shape index (κ1) is 14.5. The lowest BCUT2D eigenvalue weighted by atomic mass is 9.96. The Bertz CT molecular complexity index is 821. The molecule has 6 nitrogen and oxygen atoms in total. The van der Waals surface area contributed by atoms with Gasteiger partial charge in [-0.3, -0.25) is 4.79 Å². The van der Waals surface area contributed by atoms with Crippen LogP contribution in [0.3, 0.4) is 0 Å². The van der Waals surface area contributed by atoms with Gasteiger partial charge in [0.2, 0.25) is 5.52 Å². The fourth-order valence-electron chi connectivity index (χ4n) is 2.96. The van der Waals surface area contributed by atoms with Crippen LogP contribution < -0.4 is 10.5 Å². The number of anilines is 1. The summed E-state index contributed by atoms with van der Waals surface area (Å²) in [5, 5.41) is 9.89. The number of aliphatic hydroxyl groups excluding tert-OH is 1. The summed E-state index contributed by atoms with van der Waals surface area (Å²) in [5.74, 6) is 0.453. The van der Waals surface area contributed by atoms with Crippen molar-refractivity contribution in [2.45, 2.75) is 19.4 Å². The molecule has 114 valence electrons. The molecule has 0 spiro atoms. The molecule has 22 heavy (non-hydrogen) atoms. The number of piperidine rings is 1. The van der Waals surface area contributed by atoms with E-state index < -0.39 is 0 Å². The Morgan fingerprint density at radius 1 is 1.45 bits per heavy atom. The molecule has 1 N–H and O–H groups in total. The van der Waals surface area contributed by atoms with Crippen molar-refractivity contribution in [2.75, 3.05) is 18.0 Å². The van der Waals surface area contributed by atoms with Gasteiger partial charge in [-0.25, -0.2) is 0 Å². The molecule has 1 aliphatic heterocycles. The van der Waals surface area contributed by atoms with E-state index in [9.17, 15) is 9.90 Å². The topological polar surface area (TPSA) is 62.7 Å². The second-order valence-corrected chi connectivity index (χ2v) is 5.86. The van der Waals surface area contributed by atoms with Crippen molar-refractivity contribution in [1.82, 2.24) is 9.55 Å². The molecule has 3 rings (SSSR count). The summed E-state index contributed by atoms with van der Waals surface area (Å²) < 4.78 is 1.54. The van der Waals surface area contributed by atoms with Gasteiger partial charge in [0.15, 0.2) is 0 Å². The molecule has 1 fully saturated rings. The van der Waals surface area contributed by atoms with Crippen molar-refractivity contribution in [3.63, 3.8) is 0 Å². The third-order valence-corrected chi connectivity index (χ3v) is 4.37. The van der Waals surface area contributed by atoms with E-state index in [0.29, 0.717) is 36.4 Å². The highest BCUT2D eigenvalue weighted by Gasteiger charge is 2.27. The summed E-state index contributed by atoms with van der Waals surface area (Å²) in [4.78, 5) is 22.1. The molecule has 0 unspecified atom stereocenters. The van der Waals surface area contributed by atoms with Crippen molar-refractivity contribution < 1.29 is 5.11 Å². The highest BCUT2D eigenvalue weighted by Crippen LogP contribution is 2.29. The summed E-state index contributed by atoms with van der Waals surface area (Å²) in [7, 11) is 1.70. The van der Waals surface area contributed by atoms with E-state index in [0.717, 1.165) is 5.69 Å². The minimum absolute atomic E-state index is 0.0985. The molecule has 6 heteroatoms. The summed E-state index contributed by atoms with van der Waals surface area (Å²) in [6.45, 7) is 10.5. The normalized spacial score (nSPS) is 21.8. The maximum atomic E-state index is 12.2. The lowest BCUT2D eigenvalue weighted by molar-refractivity contribution is 0.0971. The van der Waals surface area contributed by atoms with Crippen LogP contribution in [0.15, 0.2) is 23.0 Å². The number of aromatic nitrogens is 2. The van der Waals surface area contributed by atoms with E-state index in [4.69, 9.17) is 6.57 Å². The SMILES string of the molecule is [C-]#[N+]c1ccc2c(n1)c(N1CC[C@@H](O)[C@H](C)C1)cc(=O)n2C. The monoisotopic (exact) mass is 298 g/mol. The van der Waals surface area contributed by atoms with E-state index in [2.05, 4.69) is 14.7 Å². The fraction of sp³-hybridized carbons (Fsp3) is 0.438. The van der Waals surface area contributed by atoms with Crippen LogP contribution in [0.25, 0.3) is 15.9 Å².